The first-order valence-corrected chi connectivity index (χ1v) is 10.8. The maximum Gasteiger partial charge on any atom is 0.191 e. The summed E-state index contributed by atoms with van der Waals surface area (Å²) in [4.78, 5) is 9.67. The molecule has 1 aromatic heterocycles. The Labute approximate surface area is 186 Å². The summed E-state index contributed by atoms with van der Waals surface area (Å²) in [5.41, 5.74) is 0. The summed E-state index contributed by atoms with van der Waals surface area (Å²) in [7, 11) is 1.86. The Kier molecular flexibility index (Phi) is 8.47. The minimum absolute atomic E-state index is 0. The number of aliphatic imine (C=N–C) groups is 1. The van der Waals surface area contributed by atoms with Crippen LogP contribution < -0.4 is 10.6 Å². The molecule has 1 aromatic rings. The normalized spacial score (nSPS) is 25.3. The van der Waals surface area contributed by atoms with E-state index in [1.165, 1.54) is 51.6 Å². The van der Waals surface area contributed by atoms with E-state index in [-0.39, 0.29) is 30.0 Å². The second-order valence-electron chi connectivity index (χ2n) is 8.34. The molecular weight excluding hydrogens is 465 g/mol. The zero-order valence-electron chi connectivity index (χ0n) is 17.1. The number of halogens is 1. The minimum atomic E-state index is 0. The van der Waals surface area contributed by atoms with Gasteiger partial charge < -0.3 is 20.0 Å². The molecule has 0 amide bonds. The third kappa shape index (κ3) is 5.86. The van der Waals surface area contributed by atoms with Gasteiger partial charge in [0.05, 0.1) is 12.3 Å². The minimum Gasteiger partial charge on any atom is -0.468 e. The van der Waals surface area contributed by atoms with Crippen LogP contribution in [0.4, 0.5) is 0 Å². The second-order valence-corrected chi connectivity index (χ2v) is 8.34. The average Bonchev–Trinajstić information content (AvgIpc) is 3.21. The van der Waals surface area contributed by atoms with Crippen molar-refractivity contribution >= 4 is 29.9 Å². The van der Waals surface area contributed by atoms with E-state index in [2.05, 4.69) is 31.5 Å². The van der Waals surface area contributed by atoms with Gasteiger partial charge in [0.2, 0.25) is 0 Å². The second kappa shape index (κ2) is 10.8. The molecule has 3 heterocycles. The van der Waals surface area contributed by atoms with E-state index >= 15 is 0 Å². The molecule has 2 aliphatic heterocycles. The predicted octanol–water partition coefficient (Wildman–Crippen LogP) is 3.07. The summed E-state index contributed by atoms with van der Waals surface area (Å²) in [5, 5.41) is 7.11. The van der Waals surface area contributed by atoms with Crippen LogP contribution in [0.5, 0.6) is 0 Å². The molecule has 1 aliphatic carbocycles. The van der Waals surface area contributed by atoms with Crippen LogP contribution in [-0.2, 0) is 0 Å². The first-order chi connectivity index (χ1) is 13.3. The standard InChI is InChI=1S/C21H35N5O.HI/c1-22-21(23-14-17-9-12-26(16-17)18-7-8-18)24-15-19(20-6-5-13-27-20)25-10-3-2-4-11-25;/h5-6,13,17-19H,2-4,7-12,14-16H2,1H3,(H2,22,23,24);1H. The van der Waals surface area contributed by atoms with Gasteiger partial charge >= 0.3 is 0 Å². The quantitative estimate of drug-likeness (QED) is 0.342. The van der Waals surface area contributed by atoms with Crippen molar-refractivity contribution in [1.82, 2.24) is 20.4 Å². The van der Waals surface area contributed by atoms with Gasteiger partial charge in [0.25, 0.3) is 0 Å². The first-order valence-electron chi connectivity index (χ1n) is 10.8. The number of likely N-dealkylation sites (tertiary alicyclic amines) is 2. The van der Waals surface area contributed by atoms with Crippen LogP contribution in [0.25, 0.3) is 0 Å². The monoisotopic (exact) mass is 501 g/mol. The molecule has 6 nitrogen and oxygen atoms in total. The van der Waals surface area contributed by atoms with Crippen LogP contribution in [0.1, 0.15) is 50.3 Å². The fourth-order valence-electron chi connectivity index (χ4n) is 4.58. The lowest BCUT2D eigenvalue weighted by Crippen LogP contribution is -2.45. The van der Waals surface area contributed by atoms with Crippen molar-refractivity contribution in [2.45, 2.75) is 50.6 Å². The van der Waals surface area contributed by atoms with Crippen LogP contribution in [0.15, 0.2) is 27.8 Å². The van der Waals surface area contributed by atoms with Crippen LogP contribution >= 0.6 is 24.0 Å². The van der Waals surface area contributed by atoms with Gasteiger partial charge in [-0.1, -0.05) is 6.42 Å². The van der Waals surface area contributed by atoms with E-state index in [4.69, 9.17) is 4.42 Å². The molecule has 2 atom stereocenters. The molecule has 1 saturated carbocycles. The average molecular weight is 501 g/mol. The molecule has 0 radical (unpaired) electrons. The van der Waals surface area contributed by atoms with E-state index in [0.29, 0.717) is 0 Å². The third-order valence-electron chi connectivity index (χ3n) is 6.33. The van der Waals surface area contributed by atoms with E-state index < -0.39 is 0 Å². The van der Waals surface area contributed by atoms with Crippen molar-refractivity contribution in [2.75, 3.05) is 46.3 Å². The SMILES string of the molecule is CN=C(NCC1CCN(C2CC2)C1)NCC(c1ccco1)N1CCCCC1.I. The largest absolute Gasteiger partial charge is 0.468 e. The van der Waals surface area contributed by atoms with Gasteiger partial charge in [-0.3, -0.25) is 9.89 Å². The topological polar surface area (TPSA) is 56.0 Å². The molecular formula is C21H36IN5O. The molecule has 28 heavy (non-hydrogen) atoms. The summed E-state index contributed by atoms with van der Waals surface area (Å²) in [6.45, 7) is 6.66. The summed E-state index contributed by atoms with van der Waals surface area (Å²) in [5.74, 6) is 2.70. The van der Waals surface area contributed by atoms with Crippen molar-refractivity contribution in [3.8, 4) is 0 Å². The lowest BCUT2D eigenvalue weighted by atomic mass is 10.1. The van der Waals surface area contributed by atoms with E-state index in [9.17, 15) is 0 Å². The number of piperidine rings is 1. The van der Waals surface area contributed by atoms with Crippen molar-refractivity contribution < 1.29 is 4.42 Å². The maximum absolute atomic E-state index is 5.75. The van der Waals surface area contributed by atoms with Crippen molar-refractivity contribution in [1.29, 1.82) is 0 Å². The van der Waals surface area contributed by atoms with Crippen molar-refractivity contribution in [2.24, 2.45) is 10.9 Å². The van der Waals surface area contributed by atoms with Crippen molar-refractivity contribution in [3.05, 3.63) is 24.2 Å². The highest BCUT2D eigenvalue weighted by molar-refractivity contribution is 14.0. The van der Waals surface area contributed by atoms with Crippen LogP contribution in [0.3, 0.4) is 0 Å². The molecule has 2 saturated heterocycles. The maximum atomic E-state index is 5.75. The molecule has 3 fully saturated rings. The summed E-state index contributed by atoms with van der Waals surface area (Å²) in [6, 6.07) is 5.26. The molecule has 3 aliphatic rings. The zero-order chi connectivity index (χ0) is 18.5. The van der Waals surface area contributed by atoms with Gasteiger partial charge in [0.1, 0.15) is 5.76 Å². The van der Waals surface area contributed by atoms with Crippen LogP contribution in [-0.4, -0.2) is 68.1 Å². The van der Waals surface area contributed by atoms with Gasteiger partial charge in [-0.05, 0) is 69.8 Å². The van der Waals surface area contributed by atoms with Gasteiger partial charge in [0, 0.05) is 32.7 Å². The van der Waals surface area contributed by atoms with E-state index in [1.54, 1.807) is 6.26 Å². The highest BCUT2D eigenvalue weighted by Gasteiger charge is 2.34. The van der Waals surface area contributed by atoms with Gasteiger partial charge in [-0.25, -0.2) is 0 Å². The number of nitrogens with one attached hydrogen (secondary N) is 2. The fraction of sp³-hybridized carbons (Fsp3) is 0.762. The highest BCUT2D eigenvalue weighted by Crippen LogP contribution is 2.31. The van der Waals surface area contributed by atoms with Crippen LogP contribution in [0, 0.1) is 5.92 Å². The van der Waals surface area contributed by atoms with Gasteiger partial charge in [-0.2, -0.15) is 0 Å². The summed E-state index contributed by atoms with van der Waals surface area (Å²) >= 11 is 0. The number of hydrogen-bond acceptors (Lipinski definition) is 4. The predicted molar refractivity (Wildman–Crippen MR) is 124 cm³/mol. The molecule has 0 aromatic carbocycles. The van der Waals surface area contributed by atoms with Crippen LogP contribution in [0.2, 0.25) is 0 Å². The smallest absolute Gasteiger partial charge is 0.191 e. The molecule has 7 heteroatoms. The van der Waals surface area contributed by atoms with Crippen molar-refractivity contribution in [3.63, 3.8) is 0 Å². The lowest BCUT2D eigenvalue weighted by molar-refractivity contribution is 0.146. The lowest BCUT2D eigenvalue weighted by Gasteiger charge is -2.33. The molecule has 4 rings (SSSR count). The highest BCUT2D eigenvalue weighted by atomic mass is 127. The fourth-order valence-corrected chi connectivity index (χ4v) is 4.58. The summed E-state index contributed by atoms with van der Waals surface area (Å²) < 4.78 is 5.75. The Bertz CT molecular complexity index is 598. The summed E-state index contributed by atoms with van der Waals surface area (Å²) in [6.07, 6.45) is 9.82. The molecule has 2 unspecified atom stereocenters. The molecule has 158 valence electrons. The van der Waals surface area contributed by atoms with E-state index in [0.717, 1.165) is 49.9 Å². The van der Waals surface area contributed by atoms with E-state index in [1.807, 2.05) is 13.1 Å². The number of guanidine groups is 1. The Morgan fingerprint density at radius 2 is 2.00 bits per heavy atom. The Hall–Kier alpha value is -0.800. The number of nitrogens with zero attached hydrogens (tertiary/aromatic N) is 3. The number of rotatable bonds is 7. The first kappa shape index (κ1) is 21.9. The molecule has 0 bridgehead atoms. The third-order valence-corrected chi connectivity index (χ3v) is 6.33. The number of hydrogen-bond donors (Lipinski definition) is 2. The Morgan fingerprint density at radius 3 is 2.68 bits per heavy atom. The number of furan rings is 1. The van der Waals surface area contributed by atoms with Gasteiger partial charge in [0.15, 0.2) is 5.96 Å². The molecule has 0 spiro atoms. The Morgan fingerprint density at radius 1 is 1.18 bits per heavy atom. The zero-order valence-corrected chi connectivity index (χ0v) is 19.4. The Balaban J connectivity index is 0.00000225. The van der Waals surface area contributed by atoms with Gasteiger partial charge in [-0.15, -0.1) is 24.0 Å². The molecule has 2 N–H and O–H groups in total.